The smallest absolute Gasteiger partial charge is 0.0353 e. The van der Waals surface area contributed by atoms with E-state index in [0.717, 1.165) is 0 Å². The zero-order chi connectivity index (χ0) is 18.7. The van der Waals surface area contributed by atoms with Crippen molar-refractivity contribution in [3.8, 4) is 0 Å². The molecule has 1 atom stereocenters. The van der Waals surface area contributed by atoms with Crippen molar-refractivity contribution in [2.24, 2.45) is 0 Å². The average molecular weight is 371 g/mol. The van der Waals surface area contributed by atoms with E-state index in [-0.39, 0.29) is 9.90 Å². The first-order valence-electron chi connectivity index (χ1n) is 10.6. The summed E-state index contributed by atoms with van der Waals surface area (Å²) in [6.07, 6.45) is 25.8. The number of rotatable bonds is 15. The summed E-state index contributed by atoms with van der Waals surface area (Å²) < 4.78 is 0. The van der Waals surface area contributed by atoms with Gasteiger partial charge < -0.3 is 0 Å². The Bertz CT molecular complexity index is 182. The standard InChI is InChI=1S/3C8H16.H3P/c3*1-3-5-7-8-6-4-2;/h3*3H,1,4-8H2,2H3;1H3. The van der Waals surface area contributed by atoms with Crippen LogP contribution in [0.5, 0.6) is 0 Å². The fraction of sp³-hybridized carbons (Fsp3) is 0.750. The fourth-order valence-corrected chi connectivity index (χ4v) is 2.15. The molecule has 0 fully saturated rings. The Morgan fingerprint density at radius 1 is 0.440 bits per heavy atom. The largest absolute Gasteiger partial charge is 0.153 e. The molecule has 0 nitrogen and oxygen atoms in total. The monoisotopic (exact) mass is 370 g/mol. The van der Waals surface area contributed by atoms with Crippen LogP contribution >= 0.6 is 9.90 Å². The highest BCUT2D eigenvalue weighted by molar-refractivity contribution is 6.92. The lowest BCUT2D eigenvalue weighted by Crippen LogP contribution is -1.71. The van der Waals surface area contributed by atoms with Crippen LogP contribution in [0.3, 0.4) is 0 Å². The molecule has 0 aliphatic heterocycles. The first-order chi connectivity index (χ1) is 11.7. The molecule has 0 aromatic rings. The molecule has 0 saturated heterocycles. The van der Waals surface area contributed by atoms with Crippen molar-refractivity contribution in [1.82, 2.24) is 0 Å². The molecule has 0 aromatic carbocycles. The van der Waals surface area contributed by atoms with E-state index in [1.807, 2.05) is 18.2 Å². The molecule has 0 aliphatic rings. The Kier molecular flexibility index (Phi) is 50.4. The van der Waals surface area contributed by atoms with Crippen molar-refractivity contribution in [3.63, 3.8) is 0 Å². The zero-order valence-corrected chi connectivity index (χ0v) is 19.6. The number of allylic oxidation sites excluding steroid dienone is 3. The second-order valence-corrected chi connectivity index (χ2v) is 6.41. The van der Waals surface area contributed by atoms with Gasteiger partial charge in [-0.15, -0.1) is 19.7 Å². The average Bonchev–Trinajstić information content (AvgIpc) is 2.61. The highest BCUT2D eigenvalue weighted by Gasteiger charge is 1.82. The van der Waals surface area contributed by atoms with E-state index in [1.54, 1.807) is 0 Å². The summed E-state index contributed by atoms with van der Waals surface area (Å²) in [5.74, 6) is 0. The lowest BCUT2D eigenvalue weighted by molar-refractivity contribution is 0.675. The lowest BCUT2D eigenvalue weighted by atomic mass is 10.2. The Balaban J connectivity index is -0.000000130. The van der Waals surface area contributed by atoms with Crippen molar-refractivity contribution in [2.45, 2.75) is 117 Å². The maximum absolute atomic E-state index is 3.66. The van der Waals surface area contributed by atoms with Crippen LogP contribution in [0.4, 0.5) is 0 Å². The van der Waals surface area contributed by atoms with Crippen LogP contribution in [0, 0.1) is 0 Å². The Hall–Kier alpha value is -0.350. The van der Waals surface area contributed by atoms with E-state index < -0.39 is 0 Å². The summed E-state index contributed by atoms with van der Waals surface area (Å²) in [7, 11) is 0. The van der Waals surface area contributed by atoms with Crippen LogP contribution < -0.4 is 0 Å². The molecule has 152 valence electrons. The van der Waals surface area contributed by atoms with Gasteiger partial charge >= 0.3 is 0 Å². The SMILES string of the molecule is C=CCCCCCC.C=CCCCCCC.C=CCCCCCC.P. The maximum atomic E-state index is 3.66. The van der Waals surface area contributed by atoms with Crippen molar-refractivity contribution in [1.29, 1.82) is 0 Å². The third-order valence-electron chi connectivity index (χ3n) is 3.79. The summed E-state index contributed by atoms with van der Waals surface area (Å²) in [6.45, 7) is 17.7. The first kappa shape index (κ1) is 32.3. The number of hydrogen-bond acceptors (Lipinski definition) is 0. The van der Waals surface area contributed by atoms with Gasteiger partial charge in [0.1, 0.15) is 0 Å². The van der Waals surface area contributed by atoms with E-state index in [1.165, 1.54) is 96.3 Å². The molecule has 0 amide bonds. The molecule has 25 heavy (non-hydrogen) atoms. The van der Waals surface area contributed by atoms with Gasteiger partial charge in [0.15, 0.2) is 0 Å². The summed E-state index contributed by atoms with van der Waals surface area (Å²) in [5, 5.41) is 0. The van der Waals surface area contributed by atoms with Gasteiger partial charge in [0.25, 0.3) is 0 Å². The fourth-order valence-electron chi connectivity index (χ4n) is 2.15. The lowest BCUT2D eigenvalue weighted by Gasteiger charge is -1.91. The van der Waals surface area contributed by atoms with Gasteiger partial charge in [0.2, 0.25) is 0 Å². The van der Waals surface area contributed by atoms with Gasteiger partial charge in [-0.05, 0) is 38.5 Å². The van der Waals surface area contributed by atoms with Gasteiger partial charge in [-0.3, -0.25) is 0 Å². The molecule has 0 bridgehead atoms. The third-order valence-corrected chi connectivity index (χ3v) is 3.79. The van der Waals surface area contributed by atoms with Crippen molar-refractivity contribution in [3.05, 3.63) is 38.0 Å². The minimum atomic E-state index is 0. The molecule has 0 rings (SSSR count). The second kappa shape index (κ2) is 38.9. The normalized spacial score (nSPS) is 8.76. The van der Waals surface area contributed by atoms with E-state index in [2.05, 4.69) is 40.5 Å². The molecule has 1 heteroatoms. The van der Waals surface area contributed by atoms with Gasteiger partial charge in [0.05, 0.1) is 0 Å². The molecular weight excluding hydrogens is 319 g/mol. The Morgan fingerprint density at radius 2 is 0.680 bits per heavy atom. The minimum absolute atomic E-state index is 0. The summed E-state index contributed by atoms with van der Waals surface area (Å²) in [4.78, 5) is 0. The topological polar surface area (TPSA) is 0 Å². The molecule has 0 spiro atoms. The molecule has 0 aliphatic carbocycles. The van der Waals surface area contributed by atoms with Crippen LogP contribution in [0.15, 0.2) is 38.0 Å². The van der Waals surface area contributed by atoms with E-state index in [4.69, 9.17) is 0 Å². The van der Waals surface area contributed by atoms with Crippen LogP contribution in [0.2, 0.25) is 0 Å². The summed E-state index contributed by atoms with van der Waals surface area (Å²) >= 11 is 0. The predicted molar refractivity (Wildman–Crippen MR) is 128 cm³/mol. The van der Waals surface area contributed by atoms with E-state index in [9.17, 15) is 0 Å². The van der Waals surface area contributed by atoms with Crippen LogP contribution in [0.1, 0.15) is 117 Å². The van der Waals surface area contributed by atoms with Crippen molar-refractivity contribution < 1.29 is 0 Å². The highest BCUT2D eigenvalue weighted by atomic mass is 31.0. The van der Waals surface area contributed by atoms with Crippen molar-refractivity contribution >= 4 is 9.90 Å². The molecule has 0 N–H and O–H groups in total. The summed E-state index contributed by atoms with van der Waals surface area (Å²) in [6, 6.07) is 0. The Morgan fingerprint density at radius 3 is 0.840 bits per heavy atom. The molecule has 1 unspecified atom stereocenters. The van der Waals surface area contributed by atoms with Crippen LogP contribution in [-0.4, -0.2) is 0 Å². The van der Waals surface area contributed by atoms with Crippen LogP contribution in [-0.2, 0) is 0 Å². The molecule has 0 aromatic heterocycles. The second-order valence-electron chi connectivity index (χ2n) is 6.41. The van der Waals surface area contributed by atoms with E-state index in [0.29, 0.717) is 0 Å². The molecule has 0 saturated carbocycles. The third kappa shape index (κ3) is 51.7. The predicted octanol–water partition coefficient (Wildman–Crippen LogP) is 9.49. The molecular formula is C24H51P. The zero-order valence-electron chi connectivity index (χ0n) is 18.2. The quantitative estimate of drug-likeness (QED) is 0.153. The van der Waals surface area contributed by atoms with Gasteiger partial charge in [-0.2, -0.15) is 9.90 Å². The molecule has 0 heterocycles. The first-order valence-corrected chi connectivity index (χ1v) is 10.6. The van der Waals surface area contributed by atoms with Crippen LogP contribution in [0.25, 0.3) is 0 Å². The minimum Gasteiger partial charge on any atom is -0.153 e. The highest BCUT2D eigenvalue weighted by Crippen LogP contribution is 2.02. The summed E-state index contributed by atoms with van der Waals surface area (Å²) in [5.41, 5.74) is 0. The van der Waals surface area contributed by atoms with Gasteiger partial charge in [0, 0.05) is 0 Å². The maximum Gasteiger partial charge on any atom is -0.0353 e. The number of unbranched alkanes of at least 4 members (excludes halogenated alkanes) is 12. The molecule has 0 radical (unpaired) electrons. The van der Waals surface area contributed by atoms with E-state index >= 15 is 0 Å². The van der Waals surface area contributed by atoms with Gasteiger partial charge in [-0.1, -0.05) is 96.8 Å². The number of hydrogen-bond donors (Lipinski definition) is 0. The van der Waals surface area contributed by atoms with Gasteiger partial charge in [-0.25, -0.2) is 0 Å². The van der Waals surface area contributed by atoms with Crippen molar-refractivity contribution in [2.75, 3.05) is 0 Å². The Labute approximate surface area is 165 Å².